The molecule has 8 nitrogen and oxygen atoms in total. The van der Waals surface area contributed by atoms with Gasteiger partial charge in [0.2, 0.25) is 0 Å². The zero-order valence-electron chi connectivity index (χ0n) is 18.8. The molecule has 5 rings (SSSR count). The van der Waals surface area contributed by atoms with Gasteiger partial charge < -0.3 is 24.7 Å². The summed E-state index contributed by atoms with van der Waals surface area (Å²) >= 11 is 0. The molecule has 0 saturated carbocycles. The topological polar surface area (TPSA) is 99.2 Å². The van der Waals surface area contributed by atoms with Crippen molar-refractivity contribution in [3.63, 3.8) is 0 Å². The molecule has 1 saturated heterocycles. The molecule has 3 N–H and O–H groups in total. The molecule has 10 heteroatoms. The van der Waals surface area contributed by atoms with E-state index in [-0.39, 0.29) is 19.0 Å². The normalized spacial score (nSPS) is 15.1. The van der Waals surface area contributed by atoms with E-state index in [9.17, 15) is 8.78 Å². The van der Waals surface area contributed by atoms with Crippen molar-refractivity contribution in [2.75, 3.05) is 18.4 Å². The number of piperidine rings is 1. The number of nitrogens with one attached hydrogen (secondary N) is 3. The molecule has 0 aliphatic carbocycles. The lowest BCUT2D eigenvalue weighted by Crippen LogP contribution is -2.46. The largest absolute Gasteiger partial charge is 0.457 e. The van der Waals surface area contributed by atoms with Crippen molar-refractivity contribution in [1.82, 2.24) is 19.9 Å². The molecule has 0 spiro atoms. The van der Waals surface area contributed by atoms with Crippen molar-refractivity contribution in [2.45, 2.75) is 25.4 Å². The standard InChI is InChI=1S/C25H24F2N6O2/c26-25(27)12-4-14-33(16-25)24(28)34-15-21-31-22-20(11-13-29-22)23(32-21)30-17-7-9-19(10-8-17)35-18-5-2-1-3-6-18/h1-3,5-11,13,28H,4,12,14-16H2,(H2,29,30,31,32). The van der Waals surface area contributed by atoms with Crippen molar-refractivity contribution < 1.29 is 18.3 Å². The second-order valence-corrected chi connectivity index (χ2v) is 8.27. The first-order chi connectivity index (χ1) is 16.9. The molecular formula is C25H24F2N6O2. The van der Waals surface area contributed by atoms with E-state index in [1.165, 1.54) is 4.90 Å². The minimum absolute atomic E-state index is 0.117. The first-order valence-electron chi connectivity index (χ1n) is 11.2. The average molecular weight is 479 g/mol. The summed E-state index contributed by atoms with van der Waals surface area (Å²) in [5, 5.41) is 12.1. The van der Waals surface area contributed by atoms with E-state index in [1.54, 1.807) is 6.20 Å². The smallest absolute Gasteiger partial charge is 0.285 e. The van der Waals surface area contributed by atoms with Gasteiger partial charge in [0.05, 0.1) is 11.9 Å². The summed E-state index contributed by atoms with van der Waals surface area (Å²) in [5.41, 5.74) is 1.39. The summed E-state index contributed by atoms with van der Waals surface area (Å²) in [4.78, 5) is 13.3. The Morgan fingerprint density at radius 1 is 1.06 bits per heavy atom. The fourth-order valence-corrected chi connectivity index (χ4v) is 3.88. The first kappa shape index (κ1) is 22.6. The Hall–Kier alpha value is -4.21. The number of nitrogens with zero attached hydrogens (tertiary/aromatic N) is 3. The van der Waals surface area contributed by atoms with Gasteiger partial charge in [0.1, 0.15) is 23.0 Å². The number of aromatic nitrogens is 3. The average Bonchev–Trinajstić information content (AvgIpc) is 3.33. The number of para-hydroxylation sites is 1. The SMILES string of the molecule is N=C(OCc1nc(Nc2ccc(Oc3ccccc3)cc2)c2cc[nH]c2n1)N1CCCC(F)(F)C1. The minimum Gasteiger partial charge on any atom is -0.457 e. The van der Waals surface area contributed by atoms with Crippen LogP contribution in [-0.4, -0.2) is 44.9 Å². The Labute approximate surface area is 200 Å². The molecule has 4 aromatic rings. The number of H-pyrrole nitrogens is 1. The maximum atomic E-state index is 13.7. The quantitative estimate of drug-likeness (QED) is 0.244. The number of hydrogen-bond donors (Lipinski definition) is 3. The molecular weight excluding hydrogens is 454 g/mol. The lowest BCUT2D eigenvalue weighted by molar-refractivity contribution is -0.0526. The third kappa shape index (κ3) is 5.48. The molecule has 0 atom stereocenters. The van der Waals surface area contributed by atoms with Crippen LogP contribution >= 0.6 is 0 Å². The van der Waals surface area contributed by atoms with Crippen LogP contribution in [-0.2, 0) is 11.3 Å². The molecule has 2 aromatic carbocycles. The highest BCUT2D eigenvalue weighted by atomic mass is 19.3. The number of rotatable bonds is 6. The van der Waals surface area contributed by atoms with Gasteiger partial charge in [0.25, 0.3) is 11.9 Å². The van der Waals surface area contributed by atoms with E-state index in [0.717, 1.165) is 16.8 Å². The van der Waals surface area contributed by atoms with E-state index in [2.05, 4.69) is 20.3 Å². The van der Waals surface area contributed by atoms with E-state index in [0.29, 0.717) is 36.0 Å². The predicted molar refractivity (Wildman–Crippen MR) is 128 cm³/mol. The molecule has 3 heterocycles. The van der Waals surface area contributed by atoms with Crippen molar-refractivity contribution >= 4 is 28.6 Å². The van der Waals surface area contributed by atoms with Crippen LogP contribution in [0.1, 0.15) is 18.7 Å². The number of amidine groups is 1. The molecule has 0 radical (unpaired) electrons. The van der Waals surface area contributed by atoms with E-state index in [4.69, 9.17) is 14.9 Å². The molecule has 180 valence electrons. The summed E-state index contributed by atoms with van der Waals surface area (Å²) in [6.45, 7) is -0.269. The second-order valence-electron chi connectivity index (χ2n) is 8.27. The Kier molecular flexibility index (Phi) is 6.17. The third-order valence-corrected chi connectivity index (χ3v) is 5.58. The van der Waals surface area contributed by atoms with Crippen molar-refractivity contribution in [1.29, 1.82) is 5.41 Å². The Morgan fingerprint density at radius 2 is 1.83 bits per heavy atom. The number of halogens is 2. The second kappa shape index (κ2) is 9.57. The van der Waals surface area contributed by atoms with Crippen LogP contribution in [0.25, 0.3) is 11.0 Å². The minimum atomic E-state index is -2.81. The van der Waals surface area contributed by atoms with Gasteiger partial charge in [-0.2, -0.15) is 0 Å². The molecule has 0 bridgehead atoms. The summed E-state index contributed by atoms with van der Waals surface area (Å²) in [6, 6.07) is 18.5. The molecule has 1 aliphatic heterocycles. The van der Waals surface area contributed by atoms with Crippen molar-refractivity contribution in [3.8, 4) is 11.5 Å². The maximum Gasteiger partial charge on any atom is 0.285 e. The zero-order valence-corrected chi connectivity index (χ0v) is 18.8. The van der Waals surface area contributed by atoms with Crippen LogP contribution in [0, 0.1) is 5.41 Å². The molecule has 0 amide bonds. The van der Waals surface area contributed by atoms with Crippen LogP contribution in [0.3, 0.4) is 0 Å². The lowest BCUT2D eigenvalue weighted by Gasteiger charge is -2.33. The fourth-order valence-electron chi connectivity index (χ4n) is 3.88. The predicted octanol–water partition coefficient (Wildman–Crippen LogP) is 5.68. The number of ether oxygens (including phenoxy) is 2. The van der Waals surface area contributed by atoms with Gasteiger partial charge in [-0.25, -0.2) is 18.7 Å². The van der Waals surface area contributed by atoms with Crippen LogP contribution in [0.4, 0.5) is 20.3 Å². The molecule has 1 fully saturated rings. The highest BCUT2D eigenvalue weighted by Gasteiger charge is 2.36. The van der Waals surface area contributed by atoms with E-state index < -0.39 is 12.5 Å². The van der Waals surface area contributed by atoms with Crippen LogP contribution < -0.4 is 10.1 Å². The van der Waals surface area contributed by atoms with Crippen molar-refractivity contribution in [2.24, 2.45) is 0 Å². The van der Waals surface area contributed by atoms with Gasteiger partial charge in [-0.1, -0.05) is 18.2 Å². The van der Waals surface area contributed by atoms with E-state index >= 15 is 0 Å². The fraction of sp³-hybridized carbons (Fsp3) is 0.240. The highest BCUT2D eigenvalue weighted by molar-refractivity contribution is 5.89. The van der Waals surface area contributed by atoms with Crippen LogP contribution in [0.2, 0.25) is 0 Å². The third-order valence-electron chi connectivity index (χ3n) is 5.58. The highest BCUT2D eigenvalue weighted by Crippen LogP contribution is 2.28. The van der Waals surface area contributed by atoms with E-state index in [1.807, 2.05) is 60.7 Å². The Bertz CT molecular complexity index is 1310. The number of aromatic amines is 1. The molecule has 35 heavy (non-hydrogen) atoms. The molecule has 2 aromatic heterocycles. The monoisotopic (exact) mass is 478 g/mol. The molecule has 1 aliphatic rings. The number of benzene rings is 2. The number of likely N-dealkylation sites (tertiary alicyclic amines) is 1. The number of fused-ring (bicyclic) bond motifs is 1. The summed E-state index contributed by atoms with van der Waals surface area (Å²) in [7, 11) is 0. The summed E-state index contributed by atoms with van der Waals surface area (Å²) in [6.07, 6.45) is 1.90. The molecule has 0 unspecified atom stereocenters. The number of alkyl halides is 2. The zero-order chi connectivity index (χ0) is 24.3. The van der Waals surface area contributed by atoms with Gasteiger partial charge in [0.15, 0.2) is 12.4 Å². The summed E-state index contributed by atoms with van der Waals surface area (Å²) < 4.78 is 38.6. The van der Waals surface area contributed by atoms with Gasteiger partial charge in [0, 0.05) is 24.8 Å². The maximum absolute atomic E-state index is 13.7. The Morgan fingerprint density at radius 3 is 2.60 bits per heavy atom. The van der Waals surface area contributed by atoms with Crippen LogP contribution in [0.15, 0.2) is 66.9 Å². The van der Waals surface area contributed by atoms with Gasteiger partial charge in [-0.15, -0.1) is 0 Å². The van der Waals surface area contributed by atoms with Crippen LogP contribution in [0.5, 0.6) is 11.5 Å². The number of hydrogen-bond acceptors (Lipinski definition) is 6. The van der Waals surface area contributed by atoms with Gasteiger partial charge >= 0.3 is 0 Å². The van der Waals surface area contributed by atoms with Crippen molar-refractivity contribution in [3.05, 3.63) is 72.7 Å². The summed E-state index contributed by atoms with van der Waals surface area (Å²) in [5.74, 6) is -0.483. The first-order valence-corrected chi connectivity index (χ1v) is 11.2. The Balaban J connectivity index is 1.27. The number of anilines is 2. The lowest BCUT2D eigenvalue weighted by atomic mass is 10.1. The van der Waals surface area contributed by atoms with Gasteiger partial charge in [-0.3, -0.25) is 5.41 Å². The van der Waals surface area contributed by atoms with Gasteiger partial charge in [-0.05, 0) is 48.9 Å².